The lowest BCUT2D eigenvalue weighted by molar-refractivity contribution is -0.108. The maximum atomic E-state index is 14.3. The number of carbonyl (C=O) groups excluding carboxylic acids is 1. The van der Waals surface area contributed by atoms with E-state index in [0.717, 1.165) is 9.87 Å². The van der Waals surface area contributed by atoms with E-state index in [2.05, 4.69) is 16.7 Å². The van der Waals surface area contributed by atoms with Gasteiger partial charge in [-0.25, -0.2) is 21.5 Å². The molecule has 1 saturated heterocycles. The molecule has 10 nitrogen and oxygen atoms in total. The summed E-state index contributed by atoms with van der Waals surface area (Å²) in [5.41, 5.74) is 1.33. The second kappa shape index (κ2) is 12.8. The fourth-order valence-corrected chi connectivity index (χ4v) is 5.96. The van der Waals surface area contributed by atoms with Crippen LogP contribution in [0.3, 0.4) is 0 Å². The number of amides is 1. The smallest absolute Gasteiger partial charge is 0.242 e. The molecule has 0 radical (unpaired) electrons. The topological polar surface area (TPSA) is 123 Å². The predicted molar refractivity (Wildman–Crippen MR) is 155 cm³/mol. The Morgan fingerprint density at radius 2 is 1.76 bits per heavy atom. The van der Waals surface area contributed by atoms with E-state index in [9.17, 15) is 27.3 Å². The molecule has 3 aromatic rings. The molecular weight excluding hydrogens is 564 g/mol. The molecule has 42 heavy (non-hydrogen) atoms. The maximum absolute atomic E-state index is 14.3. The van der Waals surface area contributed by atoms with E-state index in [-0.39, 0.29) is 23.4 Å². The number of nitriles is 1. The van der Waals surface area contributed by atoms with Crippen LogP contribution >= 0.6 is 0 Å². The number of halogens is 2. The number of hydrogen-bond acceptors (Lipinski definition) is 7. The molecule has 0 bridgehead atoms. The molecular formula is C29H33F2N7O3S. The zero-order chi connectivity index (χ0) is 30.5. The summed E-state index contributed by atoms with van der Waals surface area (Å²) in [4.78, 5) is 13.0. The SMILES string of the molecule is Cc1c(Nc2ccc(S(=O)(=O)N(C)C)cc2)nn(C2(CC#N)CCN(Cc3c(F)cccc3F)CC2)c1/C=C\NC=O. The normalized spacial score (nSPS) is 15.5. The van der Waals surface area contributed by atoms with Crippen LogP contribution in [0.2, 0.25) is 0 Å². The number of piperidine rings is 1. The highest BCUT2D eigenvalue weighted by Crippen LogP contribution is 2.38. The number of carbonyl (C=O) groups is 1. The average molecular weight is 598 g/mol. The molecule has 1 aromatic heterocycles. The van der Waals surface area contributed by atoms with E-state index < -0.39 is 27.2 Å². The van der Waals surface area contributed by atoms with E-state index in [0.29, 0.717) is 49.5 Å². The minimum atomic E-state index is -3.58. The minimum absolute atomic E-state index is 0.0136. The molecule has 13 heteroatoms. The fraction of sp³-hybridized carbons (Fsp3) is 0.345. The third kappa shape index (κ3) is 6.35. The van der Waals surface area contributed by atoms with Crippen molar-refractivity contribution in [3.8, 4) is 6.07 Å². The zero-order valence-electron chi connectivity index (χ0n) is 23.6. The van der Waals surface area contributed by atoms with Crippen molar-refractivity contribution >= 4 is 34.0 Å². The molecule has 0 spiro atoms. The Labute approximate surface area is 244 Å². The summed E-state index contributed by atoms with van der Waals surface area (Å²) in [6, 6.07) is 12.4. The lowest BCUT2D eigenvalue weighted by Gasteiger charge is -2.41. The monoisotopic (exact) mass is 597 g/mol. The quantitative estimate of drug-likeness (QED) is 0.319. The van der Waals surface area contributed by atoms with Crippen LogP contribution in [0.4, 0.5) is 20.3 Å². The molecule has 1 aliphatic rings. The summed E-state index contributed by atoms with van der Waals surface area (Å²) in [7, 11) is -0.655. The number of aromatic nitrogens is 2. The minimum Gasteiger partial charge on any atom is -0.339 e. The molecule has 0 atom stereocenters. The van der Waals surface area contributed by atoms with Gasteiger partial charge in [0.2, 0.25) is 16.4 Å². The first-order valence-electron chi connectivity index (χ1n) is 13.3. The van der Waals surface area contributed by atoms with Crippen molar-refractivity contribution in [3.63, 3.8) is 0 Å². The number of benzene rings is 2. The van der Waals surface area contributed by atoms with Crippen molar-refractivity contribution in [2.75, 3.05) is 32.5 Å². The van der Waals surface area contributed by atoms with Gasteiger partial charge in [0, 0.05) is 56.7 Å². The molecule has 0 saturated carbocycles. The van der Waals surface area contributed by atoms with E-state index in [1.54, 1.807) is 22.9 Å². The number of sulfonamides is 1. The van der Waals surface area contributed by atoms with Crippen LogP contribution in [0.25, 0.3) is 6.08 Å². The first kappa shape index (κ1) is 30.8. The van der Waals surface area contributed by atoms with Crippen LogP contribution in [0.15, 0.2) is 53.6 Å². The van der Waals surface area contributed by atoms with Gasteiger partial charge in [0.05, 0.1) is 28.6 Å². The van der Waals surface area contributed by atoms with Crippen molar-refractivity contribution in [2.45, 2.75) is 43.2 Å². The van der Waals surface area contributed by atoms with Crippen LogP contribution in [-0.2, 0) is 26.9 Å². The van der Waals surface area contributed by atoms with Crippen molar-refractivity contribution < 1.29 is 22.0 Å². The molecule has 0 unspecified atom stereocenters. The van der Waals surface area contributed by atoms with Crippen LogP contribution in [0.1, 0.15) is 36.1 Å². The van der Waals surface area contributed by atoms with Crippen molar-refractivity contribution in [3.05, 3.63) is 77.1 Å². The van der Waals surface area contributed by atoms with Gasteiger partial charge in [0.1, 0.15) is 11.6 Å². The van der Waals surface area contributed by atoms with Crippen molar-refractivity contribution in [1.82, 2.24) is 24.3 Å². The van der Waals surface area contributed by atoms with Crippen molar-refractivity contribution in [2.24, 2.45) is 0 Å². The van der Waals surface area contributed by atoms with Gasteiger partial charge >= 0.3 is 0 Å². The summed E-state index contributed by atoms with van der Waals surface area (Å²) in [6.07, 6.45) is 4.87. The van der Waals surface area contributed by atoms with Crippen LogP contribution in [0.5, 0.6) is 0 Å². The Kier molecular flexibility index (Phi) is 9.40. The number of nitrogens with zero attached hydrogens (tertiary/aromatic N) is 5. The van der Waals surface area contributed by atoms with Crippen LogP contribution in [-0.4, -0.2) is 61.0 Å². The predicted octanol–water partition coefficient (Wildman–Crippen LogP) is 4.09. The lowest BCUT2D eigenvalue weighted by Crippen LogP contribution is -2.46. The maximum Gasteiger partial charge on any atom is 0.242 e. The Morgan fingerprint density at radius 3 is 2.33 bits per heavy atom. The summed E-state index contributed by atoms with van der Waals surface area (Å²) in [5.74, 6) is -0.688. The van der Waals surface area contributed by atoms with Gasteiger partial charge in [-0.1, -0.05) is 6.07 Å². The van der Waals surface area contributed by atoms with Gasteiger partial charge in [0.15, 0.2) is 5.82 Å². The second-order valence-corrected chi connectivity index (χ2v) is 12.5. The van der Waals surface area contributed by atoms with Gasteiger partial charge in [-0.2, -0.15) is 10.4 Å². The molecule has 0 aliphatic carbocycles. The summed E-state index contributed by atoms with van der Waals surface area (Å²) in [5, 5.41) is 20.4. The average Bonchev–Trinajstić information content (AvgIpc) is 3.27. The Hall–Kier alpha value is -4.12. The highest BCUT2D eigenvalue weighted by Gasteiger charge is 2.39. The molecule has 4 rings (SSSR count). The van der Waals surface area contributed by atoms with Gasteiger partial charge < -0.3 is 10.6 Å². The molecule has 1 aliphatic heterocycles. The first-order chi connectivity index (χ1) is 20.0. The highest BCUT2D eigenvalue weighted by atomic mass is 32.2. The fourth-order valence-electron chi connectivity index (χ4n) is 5.05. The van der Waals surface area contributed by atoms with E-state index in [4.69, 9.17) is 5.10 Å². The van der Waals surface area contributed by atoms with Crippen LogP contribution < -0.4 is 10.6 Å². The molecule has 2 aromatic carbocycles. The number of nitrogens with one attached hydrogen (secondary N) is 2. The lowest BCUT2D eigenvalue weighted by atomic mass is 9.84. The highest BCUT2D eigenvalue weighted by molar-refractivity contribution is 7.89. The van der Waals surface area contributed by atoms with Crippen LogP contribution in [0, 0.1) is 29.9 Å². The Bertz CT molecular complexity index is 1580. The number of rotatable bonds is 11. The standard InChI is InChI=1S/C29H33F2N7O3S/c1-21-27(11-16-33-20-39)38(35-28(21)34-22-7-9-23(10-8-22)42(40,41)36(2)3)29(12-15-32)13-17-37(18-14-29)19-24-25(30)5-4-6-26(24)31/h4-11,16,20H,12-14,17-19H2,1-3H3,(H,33,39)(H,34,35)/b16-11-. The van der Waals surface area contributed by atoms with E-state index in [1.165, 1.54) is 50.6 Å². The molecule has 222 valence electrons. The Balaban J connectivity index is 1.64. The third-order valence-electron chi connectivity index (χ3n) is 7.56. The van der Waals surface area contributed by atoms with Gasteiger partial charge in [-0.3, -0.25) is 14.4 Å². The Morgan fingerprint density at radius 1 is 1.12 bits per heavy atom. The van der Waals surface area contributed by atoms with Crippen molar-refractivity contribution in [1.29, 1.82) is 5.26 Å². The molecule has 1 fully saturated rings. The van der Waals surface area contributed by atoms with Gasteiger partial charge in [0.25, 0.3) is 0 Å². The molecule has 2 heterocycles. The largest absolute Gasteiger partial charge is 0.339 e. The van der Waals surface area contributed by atoms with E-state index >= 15 is 0 Å². The zero-order valence-corrected chi connectivity index (χ0v) is 24.5. The summed E-state index contributed by atoms with van der Waals surface area (Å²) >= 11 is 0. The second-order valence-electron chi connectivity index (χ2n) is 10.4. The number of hydrogen-bond donors (Lipinski definition) is 2. The molecule has 1 amide bonds. The van der Waals surface area contributed by atoms with Gasteiger partial charge in [-0.15, -0.1) is 0 Å². The molecule has 2 N–H and O–H groups in total. The van der Waals surface area contributed by atoms with E-state index in [1.807, 2.05) is 11.8 Å². The summed E-state index contributed by atoms with van der Waals surface area (Å²) < 4.78 is 56.4. The third-order valence-corrected chi connectivity index (χ3v) is 9.39. The van der Waals surface area contributed by atoms with Gasteiger partial charge in [-0.05, 0) is 62.2 Å². The summed E-state index contributed by atoms with van der Waals surface area (Å²) in [6.45, 7) is 2.93. The first-order valence-corrected chi connectivity index (χ1v) is 14.7. The number of anilines is 2. The number of likely N-dealkylation sites (tertiary alicyclic amines) is 1.